The number of aryl methyl sites for hydroxylation is 2. The lowest BCUT2D eigenvalue weighted by molar-refractivity contribution is 0.810. The van der Waals surface area contributed by atoms with Crippen molar-refractivity contribution < 1.29 is 0 Å². The third kappa shape index (κ3) is 5.35. The molecular weight excluding hydrogens is 840 g/mol. The van der Waals surface area contributed by atoms with Crippen LogP contribution in [-0.4, -0.2) is 6.71 Å². The van der Waals surface area contributed by atoms with E-state index in [9.17, 15) is 0 Å². The Hall–Kier alpha value is -7.66. The molecule has 10 aromatic rings. The monoisotopic (exact) mass is 886 g/mol. The number of rotatable bonds is 5. The molecule has 0 saturated heterocycles. The lowest BCUT2D eigenvalue weighted by Crippen LogP contribution is -2.60. The highest BCUT2D eigenvalue weighted by molar-refractivity contribution is 7.30. The van der Waals surface area contributed by atoms with Crippen LogP contribution in [-0.2, 0) is 5.41 Å². The lowest BCUT2D eigenvalue weighted by Gasteiger charge is -2.43. The Morgan fingerprint density at radius 2 is 1.09 bits per heavy atom. The SMILES string of the molecule is Cc1ccc(N2c3cccc4c3B(c3ccc(-c5cc(C(C)C)ccc5-c5ccccc5)cc3N4c3ccccc3)c3sc4c(c32)-c2ccc(C)cc2C42c3ccccc3-c3ccccc32)cc1. The van der Waals surface area contributed by atoms with Crippen LogP contribution >= 0.6 is 11.3 Å². The average Bonchev–Trinajstić information content (AvgIpc) is 4.00. The van der Waals surface area contributed by atoms with E-state index >= 15 is 0 Å². The molecule has 0 unspecified atom stereocenters. The maximum Gasteiger partial charge on any atom is 0.264 e. The molecule has 0 bridgehead atoms. The Kier molecular flexibility index (Phi) is 8.52. The summed E-state index contributed by atoms with van der Waals surface area (Å²) in [6.45, 7) is 9.03. The first-order valence-corrected chi connectivity index (χ1v) is 24.9. The lowest BCUT2D eigenvalue weighted by atomic mass is 9.36. The highest BCUT2D eigenvalue weighted by Gasteiger charge is 2.56. The number of hydrogen-bond acceptors (Lipinski definition) is 3. The zero-order valence-corrected chi connectivity index (χ0v) is 39.4. The van der Waals surface area contributed by atoms with Gasteiger partial charge in [-0.1, -0.05) is 189 Å². The van der Waals surface area contributed by atoms with E-state index in [1.54, 1.807) is 0 Å². The van der Waals surface area contributed by atoms with Gasteiger partial charge in [-0.15, -0.1) is 11.3 Å². The highest BCUT2D eigenvalue weighted by Crippen LogP contribution is 2.67. The molecule has 0 saturated carbocycles. The van der Waals surface area contributed by atoms with Crippen LogP contribution in [0, 0.1) is 13.8 Å². The van der Waals surface area contributed by atoms with Crippen LogP contribution in [0.25, 0.3) is 44.5 Å². The molecule has 2 nitrogen and oxygen atoms in total. The Morgan fingerprint density at radius 1 is 0.456 bits per heavy atom. The van der Waals surface area contributed by atoms with Crippen LogP contribution in [0.2, 0.25) is 0 Å². The molecule has 9 aromatic carbocycles. The molecule has 2 aliphatic heterocycles. The summed E-state index contributed by atoms with van der Waals surface area (Å²) >= 11 is 2.06. The molecule has 1 spiro atoms. The summed E-state index contributed by atoms with van der Waals surface area (Å²) in [5.74, 6) is 0.399. The number of fused-ring (bicyclic) bond motifs is 15. The van der Waals surface area contributed by atoms with Crippen molar-refractivity contribution in [1.82, 2.24) is 0 Å². The average molecular weight is 887 g/mol. The van der Waals surface area contributed by atoms with E-state index in [0.29, 0.717) is 5.92 Å². The van der Waals surface area contributed by atoms with Gasteiger partial charge in [0.2, 0.25) is 0 Å². The molecule has 4 heteroatoms. The van der Waals surface area contributed by atoms with Crippen molar-refractivity contribution in [2.24, 2.45) is 0 Å². The van der Waals surface area contributed by atoms with Crippen molar-refractivity contribution in [2.75, 3.05) is 9.80 Å². The van der Waals surface area contributed by atoms with Crippen molar-refractivity contribution in [3.63, 3.8) is 0 Å². The summed E-state index contributed by atoms with van der Waals surface area (Å²) < 4.78 is 1.40. The summed E-state index contributed by atoms with van der Waals surface area (Å²) in [4.78, 5) is 6.60. The van der Waals surface area contributed by atoms with Crippen molar-refractivity contribution in [1.29, 1.82) is 0 Å². The van der Waals surface area contributed by atoms with Crippen molar-refractivity contribution in [3.8, 4) is 44.5 Å². The first-order chi connectivity index (χ1) is 33.4. The van der Waals surface area contributed by atoms with Gasteiger partial charge in [0, 0.05) is 43.7 Å². The molecule has 0 N–H and O–H groups in total. The number of nitrogens with zero attached hydrogens (tertiary/aromatic N) is 2. The molecule has 0 fully saturated rings. The Bertz CT molecular complexity index is 3650. The summed E-state index contributed by atoms with van der Waals surface area (Å²) in [6.07, 6.45) is 0. The number of anilines is 6. The normalized spacial score (nSPS) is 14.0. The molecular formula is C64H47BN2S. The fourth-order valence-electron chi connectivity index (χ4n) is 12.4. The van der Waals surface area contributed by atoms with E-state index in [1.165, 1.54) is 127 Å². The molecule has 68 heavy (non-hydrogen) atoms. The molecule has 322 valence electrons. The molecule has 3 heterocycles. The number of hydrogen-bond donors (Lipinski definition) is 0. The third-order valence-electron chi connectivity index (χ3n) is 15.4. The largest absolute Gasteiger partial charge is 0.311 e. The van der Waals surface area contributed by atoms with Crippen LogP contribution in [0.1, 0.15) is 58.0 Å². The fourth-order valence-corrected chi connectivity index (χ4v) is 14.0. The Balaban J connectivity index is 1.09. The molecule has 2 aliphatic carbocycles. The van der Waals surface area contributed by atoms with Gasteiger partial charge in [-0.3, -0.25) is 0 Å². The molecule has 1 aromatic heterocycles. The summed E-state index contributed by atoms with van der Waals surface area (Å²) in [5.41, 5.74) is 27.9. The standard InChI is InChI=1S/C64H47BN2S/c1-39(2)43-29-34-47(42-16-7-5-8-17-42)51(37-43)44-30-35-55-58(38-44)66(45-18-9-6-10-19-45)56-24-15-25-57-60(56)65(55)63-61(67(57)46-31-26-40(3)27-32-46)59-50-33-28-41(4)36-54(50)64(62(59)68-63)52-22-13-11-20-48(52)49-21-12-14-23-53(49)64/h5-39H,1-4H3. The van der Waals surface area contributed by atoms with Gasteiger partial charge in [0.25, 0.3) is 6.71 Å². The molecule has 0 amide bonds. The molecule has 14 rings (SSSR count). The van der Waals surface area contributed by atoms with E-state index in [-0.39, 0.29) is 6.71 Å². The third-order valence-corrected chi connectivity index (χ3v) is 16.7. The van der Waals surface area contributed by atoms with Gasteiger partial charge in [-0.25, -0.2) is 0 Å². The second kappa shape index (κ2) is 14.7. The number of thiophene rings is 1. The molecule has 0 atom stereocenters. The Labute approximate surface area is 403 Å². The smallest absolute Gasteiger partial charge is 0.264 e. The minimum absolute atomic E-state index is 0.00839. The van der Waals surface area contributed by atoms with Crippen LogP contribution in [0.5, 0.6) is 0 Å². The maximum absolute atomic E-state index is 2.63. The van der Waals surface area contributed by atoms with E-state index in [1.807, 2.05) is 0 Å². The zero-order chi connectivity index (χ0) is 45.4. The van der Waals surface area contributed by atoms with E-state index in [2.05, 4.69) is 255 Å². The van der Waals surface area contributed by atoms with Crippen LogP contribution in [0.4, 0.5) is 34.1 Å². The second-order valence-electron chi connectivity index (χ2n) is 19.5. The van der Waals surface area contributed by atoms with Crippen molar-refractivity contribution in [2.45, 2.75) is 39.0 Å². The van der Waals surface area contributed by atoms with E-state index in [0.717, 1.165) is 5.69 Å². The minimum Gasteiger partial charge on any atom is -0.311 e. The van der Waals surface area contributed by atoms with Gasteiger partial charge in [0.15, 0.2) is 0 Å². The van der Waals surface area contributed by atoms with Gasteiger partial charge in [-0.2, -0.15) is 0 Å². The topological polar surface area (TPSA) is 6.48 Å². The summed E-state index contributed by atoms with van der Waals surface area (Å²) in [5, 5.41) is 0. The Morgan fingerprint density at radius 3 is 1.81 bits per heavy atom. The van der Waals surface area contributed by atoms with Crippen LogP contribution < -0.4 is 25.5 Å². The van der Waals surface area contributed by atoms with Gasteiger partial charge >= 0.3 is 0 Å². The summed E-state index contributed by atoms with van der Waals surface area (Å²) in [6, 6.07) is 78.4. The predicted molar refractivity (Wildman–Crippen MR) is 289 cm³/mol. The first kappa shape index (κ1) is 39.5. The van der Waals surface area contributed by atoms with E-state index < -0.39 is 5.41 Å². The van der Waals surface area contributed by atoms with Crippen molar-refractivity contribution >= 4 is 67.9 Å². The second-order valence-corrected chi connectivity index (χ2v) is 20.5. The van der Waals surface area contributed by atoms with E-state index in [4.69, 9.17) is 0 Å². The van der Waals surface area contributed by atoms with Gasteiger partial charge in [-0.05, 0) is 134 Å². The zero-order valence-electron chi connectivity index (χ0n) is 38.6. The maximum atomic E-state index is 2.63. The number of para-hydroxylation sites is 1. The predicted octanol–water partition coefficient (Wildman–Crippen LogP) is 15.2. The first-order valence-electron chi connectivity index (χ1n) is 24.1. The van der Waals surface area contributed by atoms with Gasteiger partial charge in [0.1, 0.15) is 0 Å². The number of benzene rings is 9. The molecule has 4 aliphatic rings. The fraction of sp³-hybridized carbons (Fsp3) is 0.0938. The quantitative estimate of drug-likeness (QED) is 0.159. The van der Waals surface area contributed by atoms with Gasteiger partial charge in [0.05, 0.1) is 11.1 Å². The highest BCUT2D eigenvalue weighted by atomic mass is 32.1. The van der Waals surface area contributed by atoms with Crippen molar-refractivity contribution in [3.05, 3.63) is 245 Å². The van der Waals surface area contributed by atoms with Crippen LogP contribution in [0.15, 0.2) is 206 Å². The molecule has 0 radical (unpaired) electrons. The van der Waals surface area contributed by atoms with Crippen LogP contribution in [0.3, 0.4) is 0 Å². The van der Waals surface area contributed by atoms with Gasteiger partial charge < -0.3 is 9.80 Å². The minimum atomic E-state index is -0.452. The summed E-state index contributed by atoms with van der Waals surface area (Å²) in [7, 11) is 0.